The van der Waals surface area contributed by atoms with E-state index < -0.39 is 18.5 Å². The van der Waals surface area contributed by atoms with Gasteiger partial charge in [0.15, 0.2) is 6.61 Å². The number of carbonyl (C=O) groups is 2. The quantitative estimate of drug-likeness (QED) is 0.273. The van der Waals surface area contributed by atoms with Gasteiger partial charge in [-0.05, 0) is 48.5 Å². The Kier molecular flexibility index (Phi) is 6.67. The van der Waals surface area contributed by atoms with E-state index in [0.717, 1.165) is 11.3 Å². The third-order valence-corrected chi connectivity index (χ3v) is 5.46. The van der Waals surface area contributed by atoms with Crippen LogP contribution in [-0.4, -0.2) is 23.5 Å². The van der Waals surface area contributed by atoms with Gasteiger partial charge in [0.2, 0.25) is 0 Å². The highest BCUT2D eigenvalue weighted by molar-refractivity contribution is 6.05. The molecule has 0 saturated carbocycles. The molecule has 36 heavy (non-hydrogen) atoms. The van der Waals surface area contributed by atoms with E-state index in [2.05, 4.69) is 10.3 Å². The molecule has 0 fully saturated rings. The fourth-order valence-electron chi connectivity index (χ4n) is 3.74. The molecule has 1 heterocycles. The van der Waals surface area contributed by atoms with Crippen LogP contribution in [0.2, 0.25) is 0 Å². The van der Waals surface area contributed by atoms with E-state index in [1.54, 1.807) is 30.3 Å². The van der Waals surface area contributed by atoms with Gasteiger partial charge in [-0.15, -0.1) is 0 Å². The van der Waals surface area contributed by atoms with Crippen LogP contribution in [0.3, 0.4) is 0 Å². The number of para-hydroxylation sites is 2. The number of rotatable bonds is 7. The Hall–Kier alpha value is -4.97. The summed E-state index contributed by atoms with van der Waals surface area (Å²) in [4.78, 5) is 30.1. The Morgan fingerprint density at radius 2 is 1.36 bits per heavy atom. The minimum absolute atomic E-state index is 0.356. The number of anilines is 1. The van der Waals surface area contributed by atoms with Gasteiger partial charge in [0.25, 0.3) is 5.91 Å². The molecule has 0 aliphatic rings. The number of carbonyl (C=O) groups excluding carboxylic acids is 2. The molecule has 5 aromatic rings. The number of benzene rings is 4. The first-order valence-electron chi connectivity index (χ1n) is 11.4. The molecular weight excluding hydrogens is 452 g/mol. The highest BCUT2D eigenvalue weighted by Crippen LogP contribution is 2.26. The van der Waals surface area contributed by atoms with E-state index in [4.69, 9.17) is 9.47 Å². The summed E-state index contributed by atoms with van der Waals surface area (Å²) in [6, 6.07) is 35.0. The number of hydrogen-bond donors (Lipinski definition) is 1. The lowest BCUT2D eigenvalue weighted by Crippen LogP contribution is -2.21. The Labute approximate surface area is 208 Å². The number of pyridine rings is 1. The Morgan fingerprint density at radius 3 is 2.11 bits per heavy atom. The van der Waals surface area contributed by atoms with E-state index in [9.17, 15) is 9.59 Å². The molecule has 5 rings (SSSR count). The summed E-state index contributed by atoms with van der Waals surface area (Å²) in [6.07, 6.45) is 0. The first-order valence-corrected chi connectivity index (χ1v) is 11.4. The van der Waals surface area contributed by atoms with Crippen LogP contribution < -0.4 is 10.1 Å². The van der Waals surface area contributed by atoms with Crippen LogP contribution in [-0.2, 0) is 9.53 Å². The number of amides is 1. The van der Waals surface area contributed by atoms with E-state index in [0.29, 0.717) is 33.6 Å². The summed E-state index contributed by atoms with van der Waals surface area (Å²) < 4.78 is 11.1. The van der Waals surface area contributed by atoms with Crippen molar-refractivity contribution in [2.45, 2.75) is 0 Å². The van der Waals surface area contributed by atoms with Gasteiger partial charge < -0.3 is 14.8 Å². The molecule has 1 aromatic heterocycles. The lowest BCUT2D eigenvalue weighted by atomic mass is 10.0. The number of ether oxygens (including phenoxy) is 2. The van der Waals surface area contributed by atoms with Crippen molar-refractivity contribution in [1.82, 2.24) is 4.98 Å². The van der Waals surface area contributed by atoms with E-state index >= 15 is 0 Å². The summed E-state index contributed by atoms with van der Waals surface area (Å²) in [6.45, 7) is -0.418. The van der Waals surface area contributed by atoms with E-state index in [1.165, 1.54) is 0 Å². The molecule has 0 atom stereocenters. The molecule has 0 radical (unpaired) electrons. The average molecular weight is 475 g/mol. The van der Waals surface area contributed by atoms with Crippen molar-refractivity contribution < 1.29 is 19.1 Å². The molecule has 4 aromatic carbocycles. The maximum atomic E-state index is 13.0. The number of hydrogen-bond acceptors (Lipinski definition) is 5. The third kappa shape index (κ3) is 5.39. The fourth-order valence-corrected chi connectivity index (χ4v) is 3.74. The number of aromatic nitrogens is 1. The van der Waals surface area contributed by atoms with Gasteiger partial charge in [-0.2, -0.15) is 0 Å². The number of nitrogens with one attached hydrogen (secondary N) is 1. The third-order valence-electron chi connectivity index (χ3n) is 5.46. The predicted octanol–water partition coefficient (Wildman–Crippen LogP) is 6.49. The molecule has 0 bridgehead atoms. The van der Waals surface area contributed by atoms with Gasteiger partial charge in [-0.1, -0.05) is 66.7 Å². The maximum absolute atomic E-state index is 13.0. The normalized spacial score (nSPS) is 10.6. The molecule has 176 valence electrons. The number of fused-ring (bicyclic) bond motifs is 1. The van der Waals surface area contributed by atoms with Gasteiger partial charge in [-0.3, -0.25) is 4.79 Å². The van der Waals surface area contributed by atoms with E-state index in [-0.39, 0.29) is 0 Å². The predicted molar refractivity (Wildman–Crippen MR) is 139 cm³/mol. The highest BCUT2D eigenvalue weighted by atomic mass is 16.5. The molecule has 1 amide bonds. The van der Waals surface area contributed by atoms with Crippen LogP contribution in [0.5, 0.6) is 11.5 Å². The molecule has 0 aliphatic carbocycles. The van der Waals surface area contributed by atoms with Crippen molar-refractivity contribution in [2.24, 2.45) is 0 Å². The standard InChI is InChI=1S/C30H22N2O4/c33-29(31-22-15-17-24(18-16-22)36-23-11-5-2-6-12-23)20-35-30(34)26-19-28(21-9-3-1-4-10-21)32-27-14-8-7-13-25(26)27/h1-19H,20H2,(H,31,33). The van der Waals surface area contributed by atoms with Crippen molar-refractivity contribution in [3.8, 4) is 22.8 Å². The average Bonchev–Trinajstić information content (AvgIpc) is 2.93. The molecule has 6 heteroatoms. The smallest absolute Gasteiger partial charge is 0.339 e. The Morgan fingerprint density at radius 1 is 0.722 bits per heavy atom. The van der Waals surface area contributed by atoms with Crippen LogP contribution >= 0.6 is 0 Å². The van der Waals surface area contributed by atoms with Crippen molar-refractivity contribution >= 4 is 28.5 Å². The fraction of sp³-hybridized carbons (Fsp3) is 0.0333. The van der Waals surface area contributed by atoms with E-state index in [1.807, 2.05) is 84.9 Å². The van der Waals surface area contributed by atoms with Crippen LogP contribution in [0.15, 0.2) is 115 Å². The van der Waals surface area contributed by atoms with Crippen molar-refractivity contribution in [2.75, 3.05) is 11.9 Å². The van der Waals surface area contributed by atoms with Crippen LogP contribution in [0.1, 0.15) is 10.4 Å². The zero-order valence-electron chi connectivity index (χ0n) is 19.3. The minimum Gasteiger partial charge on any atom is -0.457 e. The summed E-state index contributed by atoms with van der Waals surface area (Å²) in [7, 11) is 0. The van der Waals surface area contributed by atoms with Crippen molar-refractivity contribution in [3.63, 3.8) is 0 Å². The summed E-state index contributed by atoms with van der Waals surface area (Å²) in [5.41, 5.74) is 3.14. The second kappa shape index (κ2) is 10.5. The monoisotopic (exact) mass is 474 g/mol. The Balaban J connectivity index is 1.25. The van der Waals surface area contributed by atoms with Crippen molar-refractivity contribution in [1.29, 1.82) is 0 Å². The van der Waals surface area contributed by atoms with Crippen LogP contribution in [0, 0.1) is 0 Å². The SMILES string of the molecule is O=C(COC(=O)c1cc(-c2ccccc2)nc2ccccc12)Nc1ccc(Oc2ccccc2)cc1. The van der Waals surface area contributed by atoms with Gasteiger partial charge in [0, 0.05) is 16.6 Å². The topological polar surface area (TPSA) is 77.5 Å². The van der Waals surface area contributed by atoms with Crippen molar-refractivity contribution in [3.05, 3.63) is 121 Å². The summed E-state index contributed by atoms with van der Waals surface area (Å²) >= 11 is 0. The second-order valence-corrected chi connectivity index (χ2v) is 8.00. The lowest BCUT2D eigenvalue weighted by Gasteiger charge is -2.11. The largest absolute Gasteiger partial charge is 0.457 e. The van der Waals surface area contributed by atoms with Crippen LogP contribution in [0.25, 0.3) is 22.2 Å². The van der Waals surface area contributed by atoms with Gasteiger partial charge in [0.05, 0.1) is 16.8 Å². The molecule has 0 aliphatic heterocycles. The minimum atomic E-state index is -0.590. The molecule has 0 spiro atoms. The number of esters is 1. The first-order chi connectivity index (χ1) is 17.7. The highest BCUT2D eigenvalue weighted by Gasteiger charge is 2.16. The van der Waals surface area contributed by atoms with Gasteiger partial charge in [-0.25, -0.2) is 9.78 Å². The lowest BCUT2D eigenvalue weighted by molar-refractivity contribution is -0.119. The number of nitrogens with zero attached hydrogens (tertiary/aromatic N) is 1. The molecular formula is C30H22N2O4. The maximum Gasteiger partial charge on any atom is 0.339 e. The van der Waals surface area contributed by atoms with Gasteiger partial charge >= 0.3 is 5.97 Å². The summed E-state index contributed by atoms with van der Waals surface area (Å²) in [5, 5.41) is 3.39. The van der Waals surface area contributed by atoms with Gasteiger partial charge in [0.1, 0.15) is 11.5 Å². The second-order valence-electron chi connectivity index (χ2n) is 8.00. The summed E-state index contributed by atoms with van der Waals surface area (Å²) in [5.74, 6) is 0.332. The molecule has 0 unspecified atom stereocenters. The molecule has 0 saturated heterocycles. The molecule has 6 nitrogen and oxygen atoms in total. The molecule has 1 N–H and O–H groups in total. The zero-order chi connectivity index (χ0) is 24.7. The Bertz CT molecular complexity index is 1500. The first kappa shape index (κ1) is 22.8. The van der Waals surface area contributed by atoms with Crippen LogP contribution in [0.4, 0.5) is 5.69 Å². The zero-order valence-corrected chi connectivity index (χ0v) is 19.3.